The normalized spacial score (nSPS) is 24.4. The van der Waals surface area contributed by atoms with Gasteiger partial charge in [-0.3, -0.25) is 4.79 Å². The Hall–Kier alpha value is -0.870. The van der Waals surface area contributed by atoms with Crippen LogP contribution in [0.4, 0.5) is 0 Å². The summed E-state index contributed by atoms with van der Waals surface area (Å²) in [6, 6.07) is 0. The maximum absolute atomic E-state index is 11.9. The fraction of sp³-hybridized carbons (Fsp3) is 0.750. The van der Waals surface area contributed by atoms with E-state index in [9.17, 15) is 4.79 Å². The molecule has 0 aliphatic carbocycles. The lowest BCUT2D eigenvalue weighted by atomic mass is 10.2. The zero-order chi connectivity index (χ0) is 12.0. The number of unbranched alkanes of at least 4 members (excludes halogenated alkanes) is 1. The summed E-state index contributed by atoms with van der Waals surface area (Å²) >= 11 is 0. The summed E-state index contributed by atoms with van der Waals surface area (Å²) in [6.07, 6.45) is 5.25. The molecule has 4 nitrogen and oxygen atoms in total. The number of nitrogens with two attached hydrogens (primary N) is 1. The van der Waals surface area contributed by atoms with E-state index in [-0.39, 0.29) is 18.1 Å². The molecule has 2 N–H and O–H groups in total. The summed E-state index contributed by atoms with van der Waals surface area (Å²) in [5, 5.41) is 0. The van der Waals surface area contributed by atoms with Crippen molar-refractivity contribution in [2.45, 2.75) is 37.9 Å². The highest BCUT2D eigenvalue weighted by atomic mass is 16.5. The largest absolute Gasteiger partial charge is 0.364 e. The molecule has 1 aliphatic heterocycles. The molecule has 1 rings (SSSR count). The second-order valence-corrected chi connectivity index (χ2v) is 4.25. The average Bonchev–Trinajstić information content (AvgIpc) is 2.76. The van der Waals surface area contributed by atoms with Crippen molar-refractivity contribution in [3.05, 3.63) is 12.7 Å². The molecule has 4 heteroatoms. The fourth-order valence-electron chi connectivity index (χ4n) is 1.89. The van der Waals surface area contributed by atoms with Crippen LogP contribution in [0.2, 0.25) is 0 Å². The third kappa shape index (κ3) is 3.61. The lowest BCUT2D eigenvalue weighted by Gasteiger charge is -2.21. The molecule has 1 aliphatic rings. The summed E-state index contributed by atoms with van der Waals surface area (Å²) in [6.45, 7) is 4.92. The zero-order valence-electron chi connectivity index (χ0n) is 10.0. The summed E-state index contributed by atoms with van der Waals surface area (Å²) in [5.41, 5.74) is 5.51. The minimum Gasteiger partial charge on any atom is -0.364 e. The SMILES string of the molecule is C=CCCCN(C)C(=O)[C@@H]1CC[C@H](CN)O1. The van der Waals surface area contributed by atoms with E-state index in [2.05, 4.69) is 6.58 Å². The first-order chi connectivity index (χ1) is 7.69. The summed E-state index contributed by atoms with van der Waals surface area (Å²) in [4.78, 5) is 13.7. The Labute approximate surface area is 97.4 Å². The van der Waals surface area contributed by atoms with Crippen LogP contribution in [0.3, 0.4) is 0 Å². The lowest BCUT2D eigenvalue weighted by molar-refractivity contribution is -0.141. The standard InChI is InChI=1S/C12H22N2O2/c1-3-4-5-8-14(2)12(15)11-7-6-10(9-13)16-11/h3,10-11H,1,4-9,13H2,2H3/t10-,11+/m1/s1. The summed E-state index contributed by atoms with van der Waals surface area (Å²) < 4.78 is 5.56. The molecule has 1 heterocycles. The smallest absolute Gasteiger partial charge is 0.251 e. The molecule has 0 bridgehead atoms. The number of carbonyl (C=O) groups excluding carboxylic acids is 1. The van der Waals surface area contributed by atoms with Gasteiger partial charge in [0.2, 0.25) is 0 Å². The van der Waals surface area contributed by atoms with E-state index in [1.165, 1.54) is 0 Å². The Balaban J connectivity index is 2.30. The van der Waals surface area contributed by atoms with Gasteiger partial charge < -0.3 is 15.4 Å². The van der Waals surface area contributed by atoms with Crippen molar-refractivity contribution in [1.82, 2.24) is 4.90 Å². The van der Waals surface area contributed by atoms with Crippen molar-refractivity contribution in [1.29, 1.82) is 0 Å². The van der Waals surface area contributed by atoms with Gasteiger partial charge in [0.25, 0.3) is 5.91 Å². The second-order valence-electron chi connectivity index (χ2n) is 4.25. The minimum atomic E-state index is -0.276. The number of amides is 1. The molecule has 1 fully saturated rings. The van der Waals surface area contributed by atoms with Crippen LogP contribution in [0.1, 0.15) is 25.7 Å². The Morgan fingerprint density at radius 3 is 2.94 bits per heavy atom. The maximum Gasteiger partial charge on any atom is 0.251 e. The van der Waals surface area contributed by atoms with Crippen LogP contribution >= 0.6 is 0 Å². The highest BCUT2D eigenvalue weighted by molar-refractivity contribution is 5.80. The van der Waals surface area contributed by atoms with Gasteiger partial charge in [-0.2, -0.15) is 0 Å². The van der Waals surface area contributed by atoms with Crippen molar-refractivity contribution >= 4 is 5.91 Å². The molecular weight excluding hydrogens is 204 g/mol. The van der Waals surface area contributed by atoms with Crippen LogP contribution in [0.25, 0.3) is 0 Å². The monoisotopic (exact) mass is 226 g/mol. The van der Waals surface area contributed by atoms with Gasteiger partial charge in [0.05, 0.1) is 6.10 Å². The van der Waals surface area contributed by atoms with Gasteiger partial charge in [-0.05, 0) is 25.7 Å². The van der Waals surface area contributed by atoms with E-state index < -0.39 is 0 Å². The highest BCUT2D eigenvalue weighted by Crippen LogP contribution is 2.20. The molecule has 1 amide bonds. The van der Waals surface area contributed by atoms with Crippen LogP contribution in [0.5, 0.6) is 0 Å². The Kier molecular flexibility index (Phi) is 5.49. The second kappa shape index (κ2) is 6.66. The van der Waals surface area contributed by atoms with E-state index in [1.54, 1.807) is 4.90 Å². The van der Waals surface area contributed by atoms with E-state index in [0.717, 1.165) is 32.2 Å². The third-order valence-electron chi connectivity index (χ3n) is 2.92. The van der Waals surface area contributed by atoms with Crippen LogP contribution in [-0.2, 0) is 9.53 Å². The molecule has 0 unspecified atom stereocenters. The molecule has 0 spiro atoms. The topological polar surface area (TPSA) is 55.6 Å². The van der Waals surface area contributed by atoms with Crippen molar-refractivity contribution in [2.24, 2.45) is 5.73 Å². The van der Waals surface area contributed by atoms with Crippen LogP contribution < -0.4 is 5.73 Å². The first-order valence-electron chi connectivity index (χ1n) is 5.90. The highest BCUT2D eigenvalue weighted by Gasteiger charge is 2.31. The Morgan fingerprint density at radius 2 is 2.38 bits per heavy atom. The van der Waals surface area contributed by atoms with Gasteiger partial charge >= 0.3 is 0 Å². The first-order valence-corrected chi connectivity index (χ1v) is 5.90. The van der Waals surface area contributed by atoms with E-state index in [4.69, 9.17) is 10.5 Å². The van der Waals surface area contributed by atoms with E-state index in [0.29, 0.717) is 6.54 Å². The number of allylic oxidation sites excluding steroid dienone is 1. The molecule has 0 aromatic heterocycles. The summed E-state index contributed by atoms with van der Waals surface area (Å²) in [5.74, 6) is 0.0833. The molecule has 1 saturated heterocycles. The fourth-order valence-corrected chi connectivity index (χ4v) is 1.89. The van der Waals surface area contributed by atoms with Crippen molar-refractivity contribution in [3.8, 4) is 0 Å². The van der Waals surface area contributed by atoms with Crippen LogP contribution in [0, 0.1) is 0 Å². The number of likely N-dealkylation sites (N-methyl/N-ethyl adjacent to an activating group) is 1. The predicted molar refractivity (Wildman–Crippen MR) is 64.0 cm³/mol. The lowest BCUT2D eigenvalue weighted by Crippen LogP contribution is -2.37. The van der Waals surface area contributed by atoms with Gasteiger partial charge in [-0.25, -0.2) is 0 Å². The number of nitrogens with zero attached hydrogens (tertiary/aromatic N) is 1. The van der Waals surface area contributed by atoms with Gasteiger partial charge in [-0.1, -0.05) is 6.08 Å². The molecule has 92 valence electrons. The molecular formula is C12H22N2O2. The van der Waals surface area contributed by atoms with E-state index >= 15 is 0 Å². The van der Waals surface area contributed by atoms with Gasteiger partial charge in [-0.15, -0.1) is 6.58 Å². The molecule has 0 saturated carbocycles. The number of carbonyl (C=O) groups is 1. The number of rotatable bonds is 6. The molecule has 0 aromatic carbocycles. The average molecular weight is 226 g/mol. The zero-order valence-corrected chi connectivity index (χ0v) is 10.0. The number of ether oxygens (including phenoxy) is 1. The summed E-state index contributed by atoms with van der Waals surface area (Å²) in [7, 11) is 1.82. The molecule has 2 atom stereocenters. The van der Waals surface area contributed by atoms with Crippen LogP contribution in [0.15, 0.2) is 12.7 Å². The van der Waals surface area contributed by atoms with E-state index in [1.807, 2.05) is 13.1 Å². The number of hydrogen-bond donors (Lipinski definition) is 1. The minimum absolute atomic E-state index is 0.0653. The maximum atomic E-state index is 11.9. The number of hydrogen-bond acceptors (Lipinski definition) is 3. The molecule has 16 heavy (non-hydrogen) atoms. The van der Waals surface area contributed by atoms with Crippen LogP contribution in [-0.4, -0.2) is 43.2 Å². The van der Waals surface area contributed by atoms with Crippen molar-refractivity contribution in [3.63, 3.8) is 0 Å². The quantitative estimate of drug-likeness (QED) is 0.541. The predicted octanol–water partition coefficient (Wildman–Crippen LogP) is 0.917. The van der Waals surface area contributed by atoms with Gasteiger partial charge in [0, 0.05) is 20.1 Å². The third-order valence-corrected chi connectivity index (χ3v) is 2.92. The first kappa shape index (κ1) is 13.2. The van der Waals surface area contributed by atoms with Gasteiger partial charge in [0.1, 0.15) is 6.10 Å². The van der Waals surface area contributed by atoms with Gasteiger partial charge in [0.15, 0.2) is 0 Å². The molecule has 0 aromatic rings. The Bertz CT molecular complexity index is 243. The van der Waals surface area contributed by atoms with Crippen molar-refractivity contribution < 1.29 is 9.53 Å². The van der Waals surface area contributed by atoms with Crippen molar-refractivity contribution in [2.75, 3.05) is 20.1 Å². The molecule has 0 radical (unpaired) electrons. The Morgan fingerprint density at radius 1 is 1.62 bits per heavy atom.